The van der Waals surface area contributed by atoms with Gasteiger partial charge >= 0.3 is 0 Å². The molecule has 7 heteroatoms. The van der Waals surface area contributed by atoms with E-state index in [1.807, 2.05) is 13.8 Å². The van der Waals surface area contributed by atoms with Crippen LogP contribution in [0.4, 0.5) is 11.5 Å². The number of hydrogen-bond acceptors (Lipinski definition) is 4. The fourth-order valence-corrected chi connectivity index (χ4v) is 1.84. The number of nitrogens with zero attached hydrogens (tertiary/aromatic N) is 3. The van der Waals surface area contributed by atoms with Gasteiger partial charge in [0.05, 0.1) is 5.69 Å². The smallest absolute Gasteiger partial charge is 0.273 e. The van der Waals surface area contributed by atoms with E-state index in [4.69, 9.17) is 17.3 Å². The van der Waals surface area contributed by atoms with E-state index in [-0.39, 0.29) is 17.1 Å². The van der Waals surface area contributed by atoms with Crippen molar-refractivity contribution in [3.05, 3.63) is 35.5 Å². The van der Waals surface area contributed by atoms with Crippen molar-refractivity contribution < 1.29 is 4.79 Å². The standard InChI is InChI=1S/C12H14ClN5O/c1-7(2)18-5-8(14)3-9(18)12(19)17-11-4-10(13)15-6-16-11/h3-7H,14H2,1-2H3,(H,15,16,17,19). The lowest BCUT2D eigenvalue weighted by molar-refractivity contribution is 0.101. The Kier molecular flexibility index (Phi) is 3.71. The van der Waals surface area contributed by atoms with Crippen LogP contribution in [0.15, 0.2) is 24.7 Å². The number of hydrogen-bond donors (Lipinski definition) is 2. The van der Waals surface area contributed by atoms with Crippen LogP contribution in [-0.2, 0) is 0 Å². The van der Waals surface area contributed by atoms with Crippen LogP contribution in [0.25, 0.3) is 0 Å². The Hall–Kier alpha value is -2.08. The summed E-state index contributed by atoms with van der Waals surface area (Å²) in [6.07, 6.45) is 3.01. The molecular formula is C12H14ClN5O. The van der Waals surface area contributed by atoms with Gasteiger partial charge in [0.2, 0.25) is 0 Å². The molecule has 6 nitrogen and oxygen atoms in total. The topological polar surface area (TPSA) is 85.8 Å². The second kappa shape index (κ2) is 5.27. The summed E-state index contributed by atoms with van der Waals surface area (Å²) in [5.74, 6) is 0.0558. The molecule has 2 aromatic rings. The van der Waals surface area contributed by atoms with Crippen molar-refractivity contribution in [2.75, 3.05) is 11.1 Å². The summed E-state index contributed by atoms with van der Waals surface area (Å²) in [7, 11) is 0. The molecule has 2 aromatic heterocycles. The van der Waals surface area contributed by atoms with E-state index in [1.54, 1.807) is 16.8 Å². The lowest BCUT2D eigenvalue weighted by Crippen LogP contribution is -2.18. The normalized spacial score (nSPS) is 10.7. The van der Waals surface area contributed by atoms with Crippen LogP contribution >= 0.6 is 11.6 Å². The third-order valence-corrected chi connectivity index (χ3v) is 2.74. The number of carbonyl (C=O) groups is 1. The molecule has 3 N–H and O–H groups in total. The first-order valence-electron chi connectivity index (χ1n) is 5.73. The molecule has 0 saturated carbocycles. The summed E-state index contributed by atoms with van der Waals surface area (Å²) in [6.45, 7) is 3.94. The van der Waals surface area contributed by atoms with Crippen LogP contribution in [0, 0.1) is 0 Å². The zero-order valence-electron chi connectivity index (χ0n) is 10.6. The van der Waals surface area contributed by atoms with E-state index in [0.717, 1.165) is 0 Å². The average molecular weight is 280 g/mol. The summed E-state index contributed by atoms with van der Waals surface area (Å²) in [5.41, 5.74) is 6.74. The van der Waals surface area contributed by atoms with E-state index in [0.29, 0.717) is 17.2 Å². The minimum absolute atomic E-state index is 0.132. The van der Waals surface area contributed by atoms with Gasteiger partial charge in [-0.05, 0) is 19.9 Å². The lowest BCUT2D eigenvalue weighted by atomic mass is 10.3. The van der Waals surface area contributed by atoms with Crippen LogP contribution < -0.4 is 11.1 Å². The van der Waals surface area contributed by atoms with E-state index in [2.05, 4.69) is 15.3 Å². The molecule has 0 aliphatic heterocycles. The fraction of sp³-hybridized carbons (Fsp3) is 0.250. The summed E-state index contributed by atoms with van der Waals surface area (Å²) in [6, 6.07) is 3.23. The van der Waals surface area contributed by atoms with Crippen molar-refractivity contribution in [2.24, 2.45) is 0 Å². The summed E-state index contributed by atoms with van der Waals surface area (Å²) in [4.78, 5) is 19.8. The molecule has 0 saturated heterocycles. The third kappa shape index (κ3) is 3.03. The van der Waals surface area contributed by atoms with Gasteiger partial charge in [0.1, 0.15) is 23.0 Å². The number of rotatable bonds is 3. The van der Waals surface area contributed by atoms with Crippen LogP contribution in [0.3, 0.4) is 0 Å². The molecular weight excluding hydrogens is 266 g/mol. The predicted octanol–water partition coefficient (Wildman–Crippen LogP) is 2.35. The Morgan fingerprint density at radius 1 is 1.42 bits per heavy atom. The van der Waals surface area contributed by atoms with Crippen LogP contribution in [-0.4, -0.2) is 20.4 Å². The highest BCUT2D eigenvalue weighted by molar-refractivity contribution is 6.29. The highest BCUT2D eigenvalue weighted by Gasteiger charge is 2.15. The Morgan fingerprint density at radius 2 is 2.16 bits per heavy atom. The monoisotopic (exact) mass is 279 g/mol. The summed E-state index contributed by atoms with van der Waals surface area (Å²) >= 11 is 5.73. The number of nitrogens with one attached hydrogen (secondary N) is 1. The van der Waals surface area contributed by atoms with Gasteiger partial charge in [-0.2, -0.15) is 0 Å². The number of anilines is 2. The van der Waals surface area contributed by atoms with Crippen LogP contribution in [0.1, 0.15) is 30.4 Å². The zero-order chi connectivity index (χ0) is 14.0. The molecule has 2 rings (SSSR count). The Balaban J connectivity index is 2.25. The van der Waals surface area contributed by atoms with Gasteiger partial charge in [0.15, 0.2) is 0 Å². The molecule has 0 bridgehead atoms. The molecule has 0 aliphatic rings. The highest BCUT2D eigenvalue weighted by Crippen LogP contribution is 2.18. The van der Waals surface area contributed by atoms with Gasteiger partial charge in [0.25, 0.3) is 5.91 Å². The largest absolute Gasteiger partial charge is 0.397 e. The number of nitrogens with two attached hydrogens (primary N) is 1. The second-order valence-corrected chi connectivity index (χ2v) is 4.73. The van der Waals surface area contributed by atoms with E-state index >= 15 is 0 Å². The first-order valence-corrected chi connectivity index (χ1v) is 6.11. The molecule has 0 radical (unpaired) electrons. The number of amides is 1. The van der Waals surface area contributed by atoms with Crippen LogP contribution in [0.5, 0.6) is 0 Å². The van der Waals surface area contributed by atoms with Gasteiger partial charge in [-0.25, -0.2) is 9.97 Å². The van der Waals surface area contributed by atoms with E-state index in [9.17, 15) is 4.79 Å². The third-order valence-electron chi connectivity index (χ3n) is 2.53. The van der Waals surface area contributed by atoms with Gasteiger partial charge in [0, 0.05) is 18.3 Å². The first-order chi connectivity index (χ1) is 8.97. The minimum atomic E-state index is -0.292. The summed E-state index contributed by atoms with van der Waals surface area (Å²) < 4.78 is 1.80. The molecule has 0 atom stereocenters. The van der Waals surface area contributed by atoms with E-state index < -0.39 is 0 Å². The van der Waals surface area contributed by atoms with Gasteiger partial charge in [-0.1, -0.05) is 11.6 Å². The molecule has 0 unspecified atom stereocenters. The fourth-order valence-electron chi connectivity index (χ4n) is 1.69. The molecule has 0 spiro atoms. The molecule has 0 aliphatic carbocycles. The maximum Gasteiger partial charge on any atom is 0.273 e. The Bertz CT molecular complexity index is 608. The maximum atomic E-state index is 12.2. The minimum Gasteiger partial charge on any atom is -0.397 e. The number of nitrogen functional groups attached to an aromatic ring is 1. The number of carbonyl (C=O) groups excluding carboxylic acids is 1. The van der Waals surface area contributed by atoms with Crippen molar-refractivity contribution in [3.63, 3.8) is 0 Å². The van der Waals surface area contributed by atoms with Gasteiger partial charge in [-0.3, -0.25) is 4.79 Å². The SMILES string of the molecule is CC(C)n1cc(N)cc1C(=O)Nc1cc(Cl)ncn1. The number of halogens is 1. The molecule has 1 amide bonds. The molecule has 0 fully saturated rings. The molecule has 2 heterocycles. The Morgan fingerprint density at radius 3 is 2.79 bits per heavy atom. The van der Waals surface area contributed by atoms with Crippen molar-refractivity contribution in [1.29, 1.82) is 0 Å². The van der Waals surface area contributed by atoms with Crippen molar-refractivity contribution in [3.8, 4) is 0 Å². The van der Waals surface area contributed by atoms with E-state index in [1.165, 1.54) is 12.4 Å². The van der Waals surface area contributed by atoms with Crippen molar-refractivity contribution in [1.82, 2.24) is 14.5 Å². The van der Waals surface area contributed by atoms with Crippen LogP contribution in [0.2, 0.25) is 5.15 Å². The first kappa shape index (κ1) is 13.4. The average Bonchev–Trinajstić information content (AvgIpc) is 2.71. The van der Waals surface area contributed by atoms with Crippen molar-refractivity contribution in [2.45, 2.75) is 19.9 Å². The van der Waals surface area contributed by atoms with Gasteiger partial charge in [-0.15, -0.1) is 0 Å². The maximum absolute atomic E-state index is 12.2. The number of aromatic nitrogens is 3. The summed E-state index contributed by atoms with van der Waals surface area (Å²) in [5, 5.41) is 2.92. The highest BCUT2D eigenvalue weighted by atomic mass is 35.5. The molecule has 100 valence electrons. The van der Waals surface area contributed by atoms with Crippen molar-refractivity contribution >= 4 is 29.0 Å². The zero-order valence-corrected chi connectivity index (χ0v) is 11.3. The quantitative estimate of drug-likeness (QED) is 0.845. The molecule has 19 heavy (non-hydrogen) atoms. The second-order valence-electron chi connectivity index (χ2n) is 4.34. The Labute approximate surface area is 115 Å². The lowest BCUT2D eigenvalue weighted by Gasteiger charge is -2.12. The predicted molar refractivity (Wildman–Crippen MR) is 74.2 cm³/mol. The molecule has 0 aromatic carbocycles. The van der Waals surface area contributed by atoms with Gasteiger partial charge < -0.3 is 15.6 Å².